The van der Waals surface area contributed by atoms with E-state index >= 15 is 0 Å². The number of carbonyl (C=O) groups excluding carboxylic acids is 2. The number of anilines is 1. The van der Waals surface area contributed by atoms with Crippen LogP contribution in [0.4, 0.5) is 5.69 Å². The fraction of sp³-hybridized carbons (Fsp3) is 0.269. The van der Waals surface area contributed by atoms with Gasteiger partial charge in [-0.3, -0.25) is 14.4 Å². The molecule has 33 heavy (non-hydrogen) atoms. The fourth-order valence-electron chi connectivity index (χ4n) is 4.78. The highest BCUT2D eigenvalue weighted by molar-refractivity contribution is 6.04. The first-order valence-electron chi connectivity index (χ1n) is 11.1. The molecule has 5 rings (SSSR count). The molecule has 2 aliphatic heterocycles. The maximum absolute atomic E-state index is 13.1. The van der Waals surface area contributed by atoms with Crippen LogP contribution in [0.3, 0.4) is 0 Å². The number of nitrogens with zero attached hydrogens (tertiary/aromatic N) is 2. The molecule has 2 aromatic carbocycles. The molecule has 0 saturated carbocycles. The van der Waals surface area contributed by atoms with Crippen LogP contribution in [0.15, 0.2) is 77.6 Å². The van der Waals surface area contributed by atoms with Crippen molar-refractivity contribution in [2.24, 2.45) is 5.92 Å². The number of pyridine rings is 1. The number of aromatic nitrogens is 1. The molecule has 1 saturated heterocycles. The zero-order valence-corrected chi connectivity index (χ0v) is 18.1. The number of benzene rings is 2. The highest BCUT2D eigenvalue weighted by atomic mass is 16.5. The van der Waals surface area contributed by atoms with E-state index in [-0.39, 0.29) is 41.5 Å². The summed E-state index contributed by atoms with van der Waals surface area (Å²) in [5.74, 6) is 0.597. The van der Waals surface area contributed by atoms with Crippen LogP contribution < -0.4 is 15.6 Å². The van der Waals surface area contributed by atoms with E-state index < -0.39 is 0 Å². The first kappa shape index (κ1) is 21.0. The molecule has 1 N–H and O–H groups in total. The third-order valence-corrected chi connectivity index (χ3v) is 6.35. The highest BCUT2D eigenvalue weighted by Gasteiger charge is 2.36. The molecule has 3 aromatic rings. The quantitative estimate of drug-likeness (QED) is 0.657. The number of amides is 2. The molecule has 0 radical (unpaired) electrons. The van der Waals surface area contributed by atoms with Gasteiger partial charge in [-0.1, -0.05) is 36.4 Å². The molecule has 0 aliphatic carbocycles. The van der Waals surface area contributed by atoms with Crippen molar-refractivity contribution in [3.8, 4) is 5.75 Å². The Morgan fingerprint density at radius 2 is 1.64 bits per heavy atom. The van der Waals surface area contributed by atoms with Crippen molar-refractivity contribution in [1.82, 2.24) is 9.47 Å². The number of para-hydroxylation sites is 1. The van der Waals surface area contributed by atoms with Gasteiger partial charge in [0.2, 0.25) is 0 Å². The van der Waals surface area contributed by atoms with Crippen LogP contribution >= 0.6 is 0 Å². The van der Waals surface area contributed by atoms with Crippen LogP contribution in [0.25, 0.3) is 0 Å². The van der Waals surface area contributed by atoms with Crippen molar-refractivity contribution in [3.63, 3.8) is 0 Å². The first-order valence-corrected chi connectivity index (χ1v) is 11.1. The third kappa shape index (κ3) is 4.39. The van der Waals surface area contributed by atoms with E-state index in [1.807, 2.05) is 47.4 Å². The second-order valence-corrected chi connectivity index (χ2v) is 8.61. The lowest BCUT2D eigenvalue weighted by Gasteiger charge is -2.42. The average molecular weight is 444 g/mol. The molecule has 3 heterocycles. The molecule has 2 aliphatic rings. The van der Waals surface area contributed by atoms with E-state index in [0.29, 0.717) is 30.9 Å². The number of piperidine rings is 1. The Labute approximate surface area is 191 Å². The van der Waals surface area contributed by atoms with Crippen LogP contribution in [0, 0.1) is 5.92 Å². The first-order chi connectivity index (χ1) is 16.1. The minimum Gasteiger partial charge on any atom is -0.484 e. The topological polar surface area (TPSA) is 80.6 Å². The molecule has 168 valence electrons. The Balaban J connectivity index is 1.29. The van der Waals surface area contributed by atoms with Gasteiger partial charge >= 0.3 is 0 Å². The van der Waals surface area contributed by atoms with Gasteiger partial charge in [0.25, 0.3) is 17.4 Å². The highest BCUT2D eigenvalue weighted by Crippen LogP contribution is 2.35. The number of ether oxygens (including phenoxy) is 1. The predicted molar refractivity (Wildman–Crippen MR) is 124 cm³/mol. The van der Waals surface area contributed by atoms with Gasteiger partial charge in [0.1, 0.15) is 11.4 Å². The summed E-state index contributed by atoms with van der Waals surface area (Å²) in [5, 5.41) is 2.75. The van der Waals surface area contributed by atoms with E-state index in [2.05, 4.69) is 5.32 Å². The minimum atomic E-state index is -0.306. The summed E-state index contributed by atoms with van der Waals surface area (Å²) in [6.45, 7) is 1.69. The molecule has 2 atom stereocenters. The average Bonchev–Trinajstić information content (AvgIpc) is 2.85. The van der Waals surface area contributed by atoms with E-state index in [1.54, 1.807) is 34.9 Å². The van der Waals surface area contributed by atoms with Gasteiger partial charge in [0, 0.05) is 36.8 Å². The molecular formula is C26H25N3O4. The van der Waals surface area contributed by atoms with Crippen LogP contribution in [-0.2, 0) is 11.3 Å². The van der Waals surface area contributed by atoms with Gasteiger partial charge in [-0.25, -0.2) is 0 Å². The summed E-state index contributed by atoms with van der Waals surface area (Å²) in [5.41, 5.74) is 1.49. The number of nitrogens with one attached hydrogen (secondary N) is 1. The molecule has 7 heteroatoms. The second kappa shape index (κ2) is 8.94. The zero-order valence-electron chi connectivity index (χ0n) is 18.1. The third-order valence-electron chi connectivity index (χ3n) is 6.35. The van der Waals surface area contributed by atoms with Crippen molar-refractivity contribution in [1.29, 1.82) is 0 Å². The molecule has 1 aromatic heterocycles. The number of carbonyl (C=O) groups is 2. The van der Waals surface area contributed by atoms with E-state index in [1.165, 1.54) is 0 Å². The summed E-state index contributed by atoms with van der Waals surface area (Å²) in [6, 6.07) is 21.7. The lowest BCUT2D eigenvalue weighted by molar-refractivity contribution is -0.136. The number of rotatable bonds is 5. The molecule has 0 spiro atoms. The van der Waals surface area contributed by atoms with Crippen LogP contribution in [0.2, 0.25) is 0 Å². The largest absolute Gasteiger partial charge is 0.484 e. The number of fused-ring (bicyclic) bond motifs is 4. The van der Waals surface area contributed by atoms with Gasteiger partial charge in [-0.05, 0) is 48.7 Å². The standard InChI is InChI=1S/C26H25N3O4/c30-24(17-33-21-9-5-2-6-10-21)28-14-18-13-20(16-28)23-12-11-22(26(32)29(23)15-18)27-25(31)19-7-3-1-4-8-19/h1-12,18,20H,13-17H2,(H,27,31)/t18-,20+/m0/s1. The molecular weight excluding hydrogens is 418 g/mol. The van der Waals surface area contributed by atoms with Crippen molar-refractivity contribution in [3.05, 3.63) is 94.4 Å². The van der Waals surface area contributed by atoms with Crippen molar-refractivity contribution in [2.75, 3.05) is 25.0 Å². The fourth-order valence-corrected chi connectivity index (χ4v) is 4.78. The van der Waals surface area contributed by atoms with E-state index in [0.717, 1.165) is 12.1 Å². The molecule has 1 fully saturated rings. The maximum Gasteiger partial charge on any atom is 0.274 e. The molecule has 0 unspecified atom stereocenters. The van der Waals surface area contributed by atoms with Crippen molar-refractivity contribution >= 4 is 17.5 Å². The van der Waals surface area contributed by atoms with Crippen LogP contribution in [0.5, 0.6) is 5.75 Å². The SMILES string of the molecule is O=C(Nc1ccc2n(c1=O)C[C@H]1C[C@@H]2CN(C(=O)COc2ccccc2)C1)c1ccccc1. The smallest absolute Gasteiger partial charge is 0.274 e. The van der Waals surface area contributed by atoms with E-state index in [4.69, 9.17) is 4.74 Å². The van der Waals surface area contributed by atoms with Gasteiger partial charge in [0.05, 0.1) is 0 Å². The summed E-state index contributed by atoms with van der Waals surface area (Å²) in [6.07, 6.45) is 0.943. The summed E-state index contributed by atoms with van der Waals surface area (Å²) < 4.78 is 7.40. The van der Waals surface area contributed by atoms with Crippen LogP contribution in [-0.4, -0.2) is 41.0 Å². The number of hydrogen-bond donors (Lipinski definition) is 1. The second-order valence-electron chi connectivity index (χ2n) is 8.61. The zero-order chi connectivity index (χ0) is 22.8. The Hall–Kier alpha value is -3.87. The number of likely N-dealkylation sites (tertiary alicyclic amines) is 1. The monoisotopic (exact) mass is 443 g/mol. The van der Waals surface area contributed by atoms with Crippen LogP contribution in [0.1, 0.15) is 28.4 Å². The summed E-state index contributed by atoms with van der Waals surface area (Å²) in [7, 11) is 0. The van der Waals surface area contributed by atoms with E-state index in [9.17, 15) is 14.4 Å². The van der Waals surface area contributed by atoms with Gasteiger partial charge in [-0.15, -0.1) is 0 Å². The van der Waals surface area contributed by atoms with Gasteiger partial charge in [-0.2, -0.15) is 0 Å². The Morgan fingerprint density at radius 3 is 2.39 bits per heavy atom. The molecule has 2 bridgehead atoms. The summed E-state index contributed by atoms with van der Waals surface area (Å²) >= 11 is 0. The maximum atomic E-state index is 13.1. The molecule has 7 nitrogen and oxygen atoms in total. The van der Waals surface area contributed by atoms with Gasteiger partial charge < -0.3 is 19.5 Å². The Bertz CT molecular complexity index is 1220. The predicted octanol–water partition coefficient (Wildman–Crippen LogP) is 3.13. The minimum absolute atomic E-state index is 0.000709. The van der Waals surface area contributed by atoms with Gasteiger partial charge in [0.15, 0.2) is 6.61 Å². The Morgan fingerprint density at radius 1 is 0.909 bits per heavy atom. The summed E-state index contributed by atoms with van der Waals surface area (Å²) in [4.78, 5) is 40.3. The van der Waals surface area contributed by atoms with Crippen molar-refractivity contribution < 1.29 is 14.3 Å². The molecule has 2 amide bonds. The lowest BCUT2D eigenvalue weighted by atomic mass is 9.83. The Kier molecular flexibility index (Phi) is 5.69. The normalized spacial score (nSPS) is 18.8. The van der Waals surface area contributed by atoms with Crippen molar-refractivity contribution in [2.45, 2.75) is 18.9 Å². The number of hydrogen-bond acceptors (Lipinski definition) is 4. The lowest BCUT2D eigenvalue weighted by Crippen LogP contribution is -2.50.